The minimum Gasteiger partial charge on any atom is -0.299 e. The second kappa shape index (κ2) is 6.00. The number of aromatic nitrogens is 2. The molecule has 0 unspecified atom stereocenters. The molecule has 1 N–H and O–H groups in total. The maximum atomic E-state index is 11.5. The molecule has 0 saturated heterocycles. The van der Waals surface area contributed by atoms with Crippen molar-refractivity contribution in [2.24, 2.45) is 5.92 Å². The maximum Gasteiger partial charge on any atom is 0.328 e. The topological polar surface area (TPSA) is 54.9 Å². The fraction of sp³-hybridized carbons (Fsp3) is 0.385. The molecule has 1 aliphatic rings. The van der Waals surface area contributed by atoms with Crippen molar-refractivity contribution in [1.82, 2.24) is 9.55 Å². The highest BCUT2D eigenvalue weighted by molar-refractivity contribution is 9.10. The minimum absolute atomic E-state index is 0.344. The van der Waals surface area contributed by atoms with Crippen LogP contribution in [-0.4, -0.2) is 9.55 Å². The largest absolute Gasteiger partial charge is 0.328 e. The van der Waals surface area contributed by atoms with Crippen molar-refractivity contribution < 1.29 is 0 Å². The molecule has 0 fully saturated rings. The van der Waals surface area contributed by atoms with Gasteiger partial charge in [0.1, 0.15) is 0 Å². The van der Waals surface area contributed by atoms with Crippen molar-refractivity contribution in [2.75, 3.05) is 0 Å². The first-order valence-corrected chi connectivity index (χ1v) is 6.80. The monoisotopic (exact) mass is 310 g/mol. The molecule has 0 spiro atoms. The van der Waals surface area contributed by atoms with Gasteiger partial charge in [-0.05, 0) is 34.7 Å². The second-order valence-electron chi connectivity index (χ2n) is 4.36. The number of nitrogens with zero attached hydrogens (tertiary/aromatic N) is 1. The van der Waals surface area contributed by atoms with Gasteiger partial charge >= 0.3 is 5.69 Å². The van der Waals surface area contributed by atoms with Crippen LogP contribution in [0.25, 0.3) is 0 Å². The Bertz CT molecular complexity index is 571. The van der Waals surface area contributed by atoms with Gasteiger partial charge in [0.2, 0.25) is 0 Å². The van der Waals surface area contributed by atoms with Crippen LogP contribution in [0.1, 0.15) is 19.3 Å². The Morgan fingerprint density at radius 3 is 2.67 bits per heavy atom. The minimum atomic E-state index is -0.377. The Kier molecular flexibility index (Phi) is 4.36. The number of rotatable bonds is 5. The molecular weight excluding hydrogens is 296 g/mol. The Morgan fingerprint density at radius 2 is 1.94 bits per heavy atom. The van der Waals surface area contributed by atoms with E-state index in [1.54, 1.807) is 6.20 Å². The quantitative estimate of drug-likeness (QED) is 0.848. The number of aryl methyl sites for hydroxylation is 1. The van der Waals surface area contributed by atoms with E-state index in [0.717, 1.165) is 19.3 Å². The number of halogens is 1. The third-order valence-electron chi connectivity index (χ3n) is 2.98. The third-order valence-corrected chi connectivity index (χ3v) is 3.55. The van der Waals surface area contributed by atoms with Crippen LogP contribution >= 0.6 is 15.9 Å². The van der Waals surface area contributed by atoms with E-state index in [9.17, 15) is 9.59 Å². The van der Waals surface area contributed by atoms with Gasteiger partial charge in [0.25, 0.3) is 5.56 Å². The van der Waals surface area contributed by atoms with E-state index in [1.807, 2.05) is 0 Å². The van der Waals surface area contributed by atoms with Crippen LogP contribution < -0.4 is 11.2 Å². The van der Waals surface area contributed by atoms with Gasteiger partial charge in [-0.2, -0.15) is 0 Å². The van der Waals surface area contributed by atoms with Crippen LogP contribution in [0.3, 0.4) is 0 Å². The molecule has 96 valence electrons. The maximum absolute atomic E-state index is 11.5. The first-order chi connectivity index (χ1) is 8.66. The van der Waals surface area contributed by atoms with Gasteiger partial charge in [0.15, 0.2) is 0 Å². The first kappa shape index (κ1) is 13.1. The smallest absolute Gasteiger partial charge is 0.299 e. The molecule has 0 amide bonds. The summed E-state index contributed by atoms with van der Waals surface area (Å²) in [5.74, 6) is 0.545. The number of allylic oxidation sites excluding steroid dienone is 4. The first-order valence-electron chi connectivity index (χ1n) is 6.01. The lowest BCUT2D eigenvalue weighted by molar-refractivity contribution is 0.542. The molecule has 0 aromatic carbocycles. The van der Waals surface area contributed by atoms with Gasteiger partial charge in [-0.25, -0.2) is 4.79 Å². The van der Waals surface area contributed by atoms with Crippen molar-refractivity contribution in [3.05, 3.63) is 55.8 Å². The molecule has 1 aliphatic carbocycles. The molecule has 1 aromatic rings. The molecule has 0 bridgehead atoms. The molecule has 1 heterocycles. The molecule has 0 aliphatic heterocycles. The SMILES string of the molecule is O=c1[nH]c(=O)n(CCCCC2C=CC=C2)cc1Br. The molecule has 1 aromatic heterocycles. The lowest BCUT2D eigenvalue weighted by Gasteiger charge is -2.07. The van der Waals surface area contributed by atoms with E-state index in [-0.39, 0.29) is 11.2 Å². The summed E-state index contributed by atoms with van der Waals surface area (Å²) in [4.78, 5) is 24.9. The summed E-state index contributed by atoms with van der Waals surface area (Å²) in [6, 6.07) is 0. The van der Waals surface area contributed by atoms with Crippen LogP contribution in [0.4, 0.5) is 0 Å². The van der Waals surface area contributed by atoms with E-state index in [1.165, 1.54) is 4.57 Å². The average molecular weight is 311 g/mol. The molecule has 0 atom stereocenters. The van der Waals surface area contributed by atoms with Crippen LogP contribution in [0.5, 0.6) is 0 Å². The Balaban J connectivity index is 1.85. The summed E-state index contributed by atoms with van der Waals surface area (Å²) in [5.41, 5.74) is -0.721. The predicted octanol–water partition coefficient (Wildman–Crippen LogP) is 2.21. The second-order valence-corrected chi connectivity index (χ2v) is 5.21. The number of hydrogen-bond acceptors (Lipinski definition) is 2. The number of unbranched alkanes of at least 4 members (excludes halogenated alkanes) is 1. The van der Waals surface area contributed by atoms with Crippen molar-refractivity contribution >= 4 is 15.9 Å². The predicted molar refractivity (Wildman–Crippen MR) is 74.6 cm³/mol. The van der Waals surface area contributed by atoms with E-state index in [4.69, 9.17) is 0 Å². The molecule has 0 radical (unpaired) electrons. The summed E-state index contributed by atoms with van der Waals surface area (Å²) in [7, 11) is 0. The highest BCUT2D eigenvalue weighted by Crippen LogP contribution is 2.16. The zero-order chi connectivity index (χ0) is 13.0. The molecule has 5 heteroatoms. The summed E-state index contributed by atoms with van der Waals surface area (Å²) < 4.78 is 1.93. The summed E-state index contributed by atoms with van der Waals surface area (Å²) in [6.07, 6.45) is 13.1. The zero-order valence-corrected chi connectivity index (χ0v) is 11.5. The lowest BCUT2D eigenvalue weighted by atomic mass is 10.0. The van der Waals surface area contributed by atoms with Gasteiger partial charge in [-0.1, -0.05) is 30.7 Å². The molecule has 0 saturated carbocycles. The van der Waals surface area contributed by atoms with Gasteiger partial charge in [-0.3, -0.25) is 14.3 Å². The van der Waals surface area contributed by atoms with Crippen molar-refractivity contribution in [3.63, 3.8) is 0 Å². The van der Waals surface area contributed by atoms with Crippen molar-refractivity contribution in [1.29, 1.82) is 0 Å². The Hall–Kier alpha value is -1.36. The third kappa shape index (κ3) is 3.32. The van der Waals surface area contributed by atoms with Crippen molar-refractivity contribution in [3.8, 4) is 0 Å². The van der Waals surface area contributed by atoms with Crippen LogP contribution in [-0.2, 0) is 6.54 Å². The molecule has 18 heavy (non-hydrogen) atoms. The van der Waals surface area contributed by atoms with Gasteiger partial charge in [-0.15, -0.1) is 0 Å². The number of H-pyrrole nitrogens is 1. The average Bonchev–Trinajstić information content (AvgIpc) is 2.84. The highest BCUT2D eigenvalue weighted by Gasteiger charge is 2.04. The zero-order valence-electron chi connectivity index (χ0n) is 9.93. The molecule has 2 rings (SSSR count). The number of hydrogen-bond donors (Lipinski definition) is 1. The fourth-order valence-corrected chi connectivity index (χ4v) is 2.33. The lowest BCUT2D eigenvalue weighted by Crippen LogP contribution is -2.29. The molecule has 4 nitrogen and oxygen atoms in total. The van der Waals surface area contributed by atoms with Gasteiger partial charge in [0.05, 0.1) is 4.47 Å². The highest BCUT2D eigenvalue weighted by atomic mass is 79.9. The molecular formula is C13H15BrN2O2. The Morgan fingerprint density at radius 1 is 1.22 bits per heavy atom. The standard InChI is InChI=1S/C13H15BrN2O2/c14-11-9-16(13(18)15-12(11)17)8-4-3-7-10-5-1-2-6-10/h1-2,5-6,9-10H,3-4,7-8H2,(H,15,17,18). The summed E-state index contributed by atoms with van der Waals surface area (Å²) in [5, 5.41) is 0. The summed E-state index contributed by atoms with van der Waals surface area (Å²) >= 11 is 3.12. The van der Waals surface area contributed by atoms with Gasteiger partial charge in [0, 0.05) is 12.7 Å². The number of nitrogens with one attached hydrogen (secondary N) is 1. The van der Waals surface area contributed by atoms with Crippen LogP contribution in [0.15, 0.2) is 44.6 Å². The van der Waals surface area contributed by atoms with E-state index >= 15 is 0 Å². The normalized spacial score (nSPS) is 14.5. The van der Waals surface area contributed by atoms with Gasteiger partial charge < -0.3 is 0 Å². The van der Waals surface area contributed by atoms with Crippen LogP contribution in [0.2, 0.25) is 0 Å². The Labute approximate surface area is 113 Å². The summed E-state index contributed by atoms with van der Waals surface area (Å²) in [6.45, 7) is 0.633. The van der Waals surface area contributed by atoms with Crippen molar-refractivity contribution in [2.45, 2.75) is 25.8 Å². The van der Waals surface area contributed by atoms with E-state index in [2.05, 4.69) is 45.2 Å². The number of aromatic amines is 1. The fourth-order valence-electron chi connectivity index (χ4n) is 1.98. The van der Waals surface area contributed by atoms with E-state index < -0.39 is 0 Å². The van der Waals surface area contributed by atoms with Crippen LogP contribution in [0, 0.1) is 5.92 Å². The van der Waals surface area contributed by atoms with E-state index in [0.29, 0.717) is 16.9 Å².